The van der Waals surface area contributed by atoms with E-state index in [0.29, 0.717) is 0 Å². The molecular formula is C11H11F2NO3. The zero-order chi connectivity index (χ0) is 12.8. The highest BCUT2D eigenvalue weighted by Crippen LogP contribution is 2.06. The minimum atomic E-state index is -1.59. The molecule has 92 valence electrons. The van der Waals surface area contributed by atoms with Crippen LogP contribution in [0.15, 0.2) is 24.3 Å². The molecule has 0 aromatic heterocycles. The second-order valence-electron chi connectivity index (χ2n) is 3.38. The number of nitrogens with one attached hydrogen (secondary N) is 1. The average molecular weight is 243 g/mol. The first-order valence-electron chi connectivity index (χ1n) is 4.86. The Morgan fingerprint density at radius 1 is 1.35 bits per heavy atom. The summed E-state index contributed by atoms with van der Waals surface area (Å²) in [6.45, 7) is -1.21. The second-order valence-corrected chi connectivity index (χ2v) is 3.38. The van der Waals surface area contributed by atoms with E-state index in [2.05, 4.69) is 0 Å². The van der Waals surface area contributed by atoms with Crippen molar-refractivity contribution >= 4 is 11.9 Å². The molecule has 1 amide bonds. The minimum Gasteiger partial charge on any atom is -0.480 e. The molecule has 0 aliphatic carbocycles. The maximum atomic E-state index is 13.2. The smallest absolute Gasteiger partial charge is 0.328 e. The highest BCUT2D eigenvalue weighted by Gasteiger charge is 2.20. The summed E-state index contributed by atoms with van der Waals surface area (Å²) in [6, 6.07) is 4.02. The van der Waals surface area contributed by atoms with Crippen LogP contribution in [0.1, 0.15) is 5.56 Å². The normalized spacial score (nSPS) is 11.9. The average Bonchev–Trinajstić information content (AvgIpc) is 2.28. The third kappa shape index (κ3) is 3.82. The van der Waals surface area contributed by atoms with Crippen molar-refractivity contribution < 1.29 is 23.5 Å². The molecule has 0 fully saturated rings. The van der Waals surface area contributed by atoms with Crippen LogP contribution in [0.5, 0.6) is 0 Å². The summed E-state index contributed by atoms with van der Waals surface area (Å²) in [6.07, 6.45) is -0.323. The van der Waals surface area contributed by atoms with E-state index < -0.39 is 30.4 Å². The van der Waals surface area contributed by atoms with Crippen molar-refractivity contribution in [2.45, 2.75) is 12.5 Å². The number of alkyl halides is 1. The summed E-state index contributed by atoms with van der Waals surface area (Å²) in [4.78, 5) is 21.8. The lowest BCUT2D eigenvalue weighted by molar-refractivity contribution is -0.142. The topological polar surface area (TPSA) is 66.4 Å². The Morgan fingerprint density at radius 3 is 2.53 bits per heavy atom. The van der Waals surface area contributed by atoms with Crippen molar-refractivity contribution in [1.82, 2.24) is 5.32 Å². The fourth-order valence-corrected chi connectivity index (χ4v) is 1.23. The Labute approximate surface area is 96.3 Å². The molecule has 0 saturated carbocycles. The van der Waals surface area contributed by atoms with Crippen molar-refractivity contribution in [3.05, 3.63) is 35.6 Å². The molecule has 0 heterocycles. The molecule has 0 aliphatic heterocycles. The molecule has 0 spiro atoms. The Bertz CT molecular complexity index is 423. The van der Waals surface area contributed by atoms with Crippen LogP contribution in [-0.2, 0) is 16.0 Å². The van der Waals surface area contributed by atoms with Crippen LogP contribution >= 0.6 is 0 Å². The molecule has 1 unspecified atom stereocenters. The number of carbonyl (C=O) groups is 2. The number of carboxylic acid groups (broad SMARTS) is 1. The lowest BCUT2D eigenvalue weighted by atomic mass is 10.1. The predicted molar refractivity (Wildman–Crippen MR) is 55.6 cm³/mol. The number of rotatable bonds is 5. The predicted octanol–water partition coefficient (Wildman–Crippen LogP) is 0.907. The summed E-state index contributed by atoms with van der Waals surface area (Å²) in [7, 11) is 0. The molecule has 0 bridgehead atoms. The van der Waals surface area contributed by atoms with Gasteiger partial charge in [-0.15, -0.1) is 0 Å². The molecule has 1 aromatic carbocycles. The van der Waals surface area contributed by atoms with Crippen molar-refractivity contribution in [1.29, 1.82) is 0 Å². The summed E-state index contributed by atoms with van der Waals surface area (Å²) >= 11 is 0. The van der Waals surface area contributed by atoms with E-state index in [9.17, 15) is 18.4 Å². The number of carboxylic acids is 1. The van der Waals surface area contributed by atoms with Gasteiger partial charge < -0.3 is 10.4 Å². The van der Waals surface area contributed by atoms with Crippen LogP contribution in [0, 0.1) is 5.82 Å². The SMILES string of the molecule is O=C(Cc1ccccc1F)NC(CF)C(=O)O. The van der Waals surface area contributed by atoms with E-state index >= 15 is 0 Å². The van der Waals surface area contributed by atoms with Crippen molar-refractivity contribution in [2.75, 3.05) is 6.67 Å². The Morgan fingerprint density at radius 2 is 2.00 bits per heavy atom. The summed E-state index contributed by atoms with van der Waals surface area (Å²) < 4.78 is 25.4. The van der Waals surface area contributed by atoms with Crippen molar-refractivity contribution in [3.63, 3.8) is 0 Å². The number of carbonyl (C=O) groups excluding carboxylic acids is 1. The van der Waals surface area contributed by atoms with Crippen LogP contribution in [0.2, 0.25) is 0 Å². The van der Waals surface area contributed by atoms with E-state index in [1.807, 2.05) is 5.32 Å². The molecule has 1 rings (SSSR count). The number of benzene rings is 1. The van der Waals surface area contributed by atoms with Crippen LogP contribution in [0.3, 0.4) is 0 Å². The van der Waals surface area contributed by atoms with Crippen molar-refractivity contribution in [2.24, 2.45) is 0 Å². The molecule has 4 nitrogen and oxygen atoms in total. The molecule has 1 atom stereocenters. The first-order valence-corrected chi connectivity index (χ1v) is 4.86. The van der Waals surface area contributed by atoms with Gasteiger partial charge in [-0.05, 0) is 11.6 Å². The first kappa shape index (κ1) is 13.1. The molecule has 0 saturated heterocycles. The summed E-state index contributed by atoms with van der Waals surface area (Å²) in [5.41, 5.74) is 0.132. The van der Waals surface area contributed by atoms with Crippen LogP contribution < -0.4 is 5.32 Å². The van der Waals surface area contributed by atoms with Gasteiger partial charge in [0.05, 0.1) is 6.42 Å². The van der Waals surface area contributed by atoms with E-state index in [1.54, 1.807) is 6.07 Å². The standard InChI is InChI=1S/C11H11F2NO3/c12-6-9(11(16)17)14-10(15)5-7-3-1-2-4-8(7)13/h1-4,9H,5-6H2,(H,14,15)(H,16,17). The van der Waals surface area contributed by atoms with Gasteiger partial charge in [-0.1, -0.05) is 18.2 Å². The van der Waals surface area contributed by atoms with Crippen LogP contribution in [0.4, 0.5) is 8.78 Å². The highest BCUT2D eigenvalue weighted by atomic mass is 19.1. The molecule has 17 heavy (non-hydrogen) atoms. The van der Waals surface area contributed by atoms with Gasteiger partial charge >= 0.3 is 5.97 Å². The van der Waals surface area contributed by atoms with E-state index in [4.69, 9.17) is 5.11 Å². The Kier molecular flexibility index (Phi) is 4.56. The Balaban J connectivity index is 2.61. The van der Waals surface area contributed by atoms with Gasteiger partial charge in [0.2, 0.25) is 5.91 Å². The van der Waals surface area contributed by atoms with Gasteiger partial charge in [-0.25, -0.2) is 13.6 Å². The number of halogens is 2. The number of aliphatic carboxylic acids is 1. The molecule has 0 aliphatic rings. The van der Waals surface area contributed by atoms with Gasteiger partial charge in [0, 0.05) is 0 Å². The molecule has 6 heteroatoms. The van der Waals surface area contributed by atoms with Crippen LogP contribution in [0.25, 0.3) is 0 Å². The van der Waals surface area contributed by atoms with Crippen LogP contribution in [-0.4, -0.2) is 29.7 Å². The summed E-state index contributed by atoms with van der Waals surface area (Å²) in [5, 5.41) is 10.5. The zero-order valence-corrected chi connectivity index (χ0v) is 8.82. The van der Waals surface area contributed by atoms with Gasteiger partial charge in [-0.3, -0.25) is 4.79 Å². The molecule has 1 aromatic rings. The molecule has 2 N–H and O–H groups in total. The largest absolute Gasteiger partial charge is 0.480 e. The van der Waals surface area contributed by atoms with Gasteiger partial charge in [0.25, 0.3) is 0 Å². The monoisotopic (exact) mass is 243 g/mol. The van der Waals surface area contributed by atoms with E-state index in [-0.39, 0.29) is 12.0 Å². The Hall–Kier alpha value is -1.98. The quantitative estimate of drug-likeness (QED) is 0.807. The lowest BCUT2D eigenvalue weighted by Gasteiger charge is -2.10. The fourth-order valence-electron chi connectivity index (χ4n) is 1.23. The fraction of sp³-hybridized carbons (Fsp3) is 0.273. The number of hydrogen-bond donors (Lipinski definition) is 2. The third-order valence-electron chi connectivity index (χ3n) is 2.10. The van der Waals surface area contributed by atoms with Crippen molar-refractivity contribution in [3.8, 4) is 0 Å². The molecular weight excluding hydrogens is 232 g/mol. The van der Waals surface area contributed by atoms with E-state index in [1.165, 1.54) is 18.2 Å². The first-order chi connectivity index (χ1) is 8.04. The third-order valence-corrected chi connectivity index (χ3v) is 2.10. The van der Waals surface area contributed by atoms with Gasteiger partial charge in [-0.2, -0.15) is 0 Å². The second kappa shape index (κ2) is 5.93. The maximum Gasteiger partial charge on any atom is 0.328 e. The lowest BCUT2D eigenvalue weighted by Crippen LogP contribution is -2.43. The zero-order valence-electron chi connectivity index (χ0n) is 8.82. The van der Waals surface area contributed by atoms with E-state index in [0.717, 1.165) is 0 Å². The number of amides is 1. The maximum absolute atomic E-state index is 13.2. The van der Waals surface area contributed by atoms with Gasteiger partial charge in [0.15, 0.2) is 6.04 Å². The summed E-state index contributed by atoms with van der Waals surface area (Å²) in [5.74, 6) is -2.76. The highest BCUT2D eigenvalue weighted by molar-refractivity contribution is 5.84. The van der Waals surface area contributed by atoms with Gasteiger partial charge in [0.1, 0.15) is 12.5 Å². The molecule has 0 radical (unpaired) electrons. The number of hydrogen-bond acceptors (Lipinski definition) is 2. The minimum absolute atomic E-state index is 0.132.